The molecule has 2 N–H and O–H groups in total. The van der Waals surface area contributed by atoms with Crippen molar-refractivity contribution in [2.75, 3.05) is 18.4 Å². The molecule has 1 aliphatic rings. The van der Waals surface area contributed by atoms with Crippen LogP contribution in [-0.4, -0.2) is 33.7 Å². The summed E-state index contributed by atoms with van der Waals surface area (Å²) in [5.74, 6) is 0.684. The summed E-state index contributed by atoms with van der Waals surface area (Å²) in [6.07, 6.45) is 5.22. The largest absolute Gasteiger partial charge is 0.350 e. The van der Waals surface area contributed by atoms with Gasteiger partial charge in [0.25, 0.3) is 0 Å². The van der Waals surface area contributed by atoms with Gasteiger partial charge in [0, 0.05) is 12.2 Å². The Bertz CT molecular complexity index is 530. The Labute approximate surface area is 111 Å². The molecule has 96 valence electrons. The number of nitrogens with zero attached hydrogens (tertiary/aromatic N) is 3. The van der Waals surface area contributed by atoms with Crippen molar-refractivity contribution in [2.24, 2.45) is 0 Å². The minimum Gasteiger partial charge on any atom is -0.350 e. The van der Waals surface area contributed by atoms with Gasteiger partial charge in [-0.1, -0.05) is 11.6 Å². The van der Waals surface area contributed by atoms with Crippen molar-refractivity contribution in [3.63, 3.8) is 0 Å². The number of anilines is 1. The standard InChI is InChI=1S/C12H16ClN5/c13-9-3-4-11-16-12(17-18(11)8-9)15-10-2-1-6-14-7-5-10/h3-4,8,10,14H,1-2,5-7H2,(H,15,17). The lowest BCUT2D eigenvalue weighted by Crippen LogP contribution is -2.22. The van der Waals surface area contributed by atoms with Crippen molar-refractivity contribution < 1.29 is 0 Å². The number of hydrogen-bond acceptors (Lipinski definition) is 4. The average molecular weight is 266 g/mol. The van der Waals surface area contributed by atoms with E-state index in [2.05, 4.69) is 20.7 Å². The zero-order valence-corrected chi connectivity index (χ0v) is 10.8. The molecular weight excluding hydrogens is 250 g/mol. The van der Waals surface area contributed by atoms with E-state index < -0.39 is 0 Å². The molecule has 1 unspecified atom stereocenters. The lowest BCUT2D eigenvalue weighted by atomic mass is 10.1. The van der Waals surface area contributed by atoms with Crippen molar-refractivity contribution >= 4 is 23.2 Å². The van der Waals surface area contributed by atoms with Crippen LogP contribution in [0.3, 0.4) is 0 Å². The summed E-state index contributed by atoms with van der Waals surface area (Å²) in [4.78, 5) is 4.44. The van der Waals surface area contributed by atoms with Crippen LogP contribution in [0.25, 0.3) is 5.65 Å². The molecule has 6 heteroatoms. The first-order valence-corrected chi connectivity index (χ1v) is 6.68. The molecule has 1 aliphatic heterocycles. The predicted molar refractivity (Wildman–Crippen MR) is 72.1 cm³/mol. The number of aromatic nitrogens is 3. The Morgan fingerprint density at radius 2 is 2.28 bits per heavy atom. The third kappa shape index (κ3) is 2.57. The molecule has 0 bridgehead atoms. The number of fused-ring (bicyclic) bond motifs is 1. The van der Waals surface area contributed by atoms with Crippen LogP contribution in [-0.2, 0) is 0 Å². The molecule has 2 aromatic rings. The molecule has 0 aromatic carbocycles. The molecule has 3 rings (SSSR count). The van der Waals surface area contributed by atoms with E-state index in [1.807, 2.05) is 12.1 Å². The van der Waals surface area contributed by atoms with E-state index in [0.29, 0.717) is 17.0 Å². The Morgan fingerprint density at radius 1 is 1.33 bits per heavy atom. The molecule has 1 atom stereocenters. The van der Waals surface area contributed by atoms with Crippen LogP contribution in [0.15, 0.2) is 18.3 Å². The van der Waals surface area contributed by atoms with Gasteiger partial charge in [0.05, 0.1) is 5.02 Å². The molecule has 0 radical (unpaired) electrons. The van der Waals surface area contributed by atoms with Crippen molar-refractivity contribution in [1.29, 1.82) is 0 Å². The second-order valence-electron chi connectivity index (χ2n) is 4.61. The van der Waals surface area contributed by atoms with Gasteiger partial charge in [-0.2, -0.15) is 4.98 Å². The van der Waals surface area contributed by atoms with Gasteiger partial charge in [-0.3, -0.25) is 0 Å². The maximum atomic E-state index is 5.92. The van der Waals surface area contributed by atoms with Gasteiger partial charge in [-0.05, 0) is 44.5 Å². The highest BCUT2D eigenvalue weighted by Gasteiger charge is 2.13. The van der Waals surface area contributed by atoms with E-state index in [1.54, 1.807) is 10.7 Å². The Hall–Kier alpha value is -1.33. The number of nitrogens with one attached hydrogen (secondary N) is 2. The zero-order chi connectivity index (χ0) is 12.4. The summed E-state index contributed by atoms with van der Waals surface area (Å²) in [5.41, 5.74) is 0.814. The molecule has 0 saturated carbocycles. The van der Waals surface area contributed by atoms with Crippen molar-refractivity contribution in [3.05, 3.63) is 23.4 Å². The number of rotatable bonds is 2. The molecular formula is C12H16ClN5. The van der Waals surface area contributed by atoms with Crippen molar-refractivity contribution in [2.45, 2.75) is 25.3 Å². The summed E-state index contributed by atoms with van der Waals surface area (Å²) >= 11 is 5.92. The molecule has 18 heavy (non-hydrogen) atoms. The van der Waals surface area contributed by atoms with Gasteiger partial charge in [0.2, 0.25) is 5.95 Å². The van der Waals surface area contributed by atoms with E-state index >= 15 is 0 Å². The monoisotopic (exact) mass is 265 g/mol. The molecule has 1 saturated heterocycles. The fraction of sp³-hybridized carbons (Fsp3) is 0.500. The lowest BCUT2D eigenvalue weighted by molar-refractivity contribution is 0.632. The van der Waals surface area contributed by atoms with Crippen LogP contribution in [0.1, 0.15) is 19.3 Å². The first kappa shape index (κ1) is 11.7. The van der Waals surface area contributed by atoms with E-state index in [4.69, 9.17) is 11.6 Å². The highest BCUT2D eigenvalue weighted by Crippen LogP contribution is 2.14. The average Bonchev–Trinajstić information content (AvgIpc) is 2.57. The molecule has 0 aliphatic carbocycles. The maximum Gasteiger partial charge on any atom is 0.243 e. The minimum atomic E-state index is 0.452. The van der Waals surface area contributed by atoms with Gasteiger partial charge in [-0.15, -0.1) is 5.10 Å². The quantitative estimate of drug-likeness (QED) is 0.871. The second-order valence-corrected chi connectivity index (χ2v) is 5.04. The van der Waals surface area contributed by atoms with Crippen LogP contribution in [0.5, 0.6) is 0 Å². The van der Waals surface area contributed by atoms with Crippen molar-refractivity contribution in [3.8, 4) is 0 Å². The molecule has 0 amide bonds. The number of hydrogen-bond donors (Lipinski definition) is 2. The fourth-order valence-corrected chi connectivity index (χ4v) is 2.42. The Morgan fingerprint density at radius 3 is 3.22 bits per heavy atom. The van der Waals surface area contributed by atoms with Crippen LogP contribution < -0.4 is 10.6 Å². The SMILES string of the molecule is Clc1ccc2nc(NC3CCCNCC3)nn2c1. The molecule has 1 fully saturated rings. The molecule has 2 aromatic heterocycles. The van der Waals surface area contributed by atoms with Crippen molar-refractivity contribution in [1.82, 2.24) is 19.9 Å². The van der Waals surface area contributed by atoms with Crippen LogP contribution >= 0.6 is 11.6 Å². The van der Waals surface area contributed by atoms with Crippen LogP contribution in [0, 0.1) is 0 Å². The normalized spacial score (nSPS) is 20.8. The minimum absolute atomic E-state index is 0.452. The summed E-state index contributed by atoms with van der Waals surface area (Å²) in [5, 5.41) is 11.8. The highest BCUT2D eigenvalue weighted by molar-refractivity contribution is 6.30. The maximum absolute atomic E-state index is 5.92. The summed E-state index contributed by atoms with van der Waals surface area (Å²) < 4.78 is 1.71. The molecule has 3 heterocycles. The summed E-state index contributed by atoms with van der Waals surface area (Å²) in [6.45, 7) is 2.16. The van der Waals surface area contributed by atoms with E-state index in [9.17, 15) is 0 Å². The first-order valence-electron chi connectivity index (χ1n) is 6.30. The highest BCUT2D eigenvalue weighted by atomic mass is 35.5. The van der Waals surface area contributed by atoms with E-state index in [1.165, 1.54) is 6.42 Å². The summed E-state index contributed by atoms with van der Waals surface area (Å²) in [7, 11) is 0. The van der Waals surface area contributed by atoms with E-state index in [0.717, 1.165) is 31.6 Å². The lowest BCUT2D eigenvalue weighted by Gasteiger charge is -2.13. The summed E-state index contributed by atoms with van der Waals surface area (Å²) in [6, 6.07) is 4.15. The molecule has 5 nitrogen and oxygen atoms in total. The zero-order valence-electron chi connectivity index (χ0n) is 10.1. The fourth-order valence-electron chi connectivity index (χ4n) is 2.27. The van der Waals surface area contributed by atoms with Gasteiger partial charge in [0.15, 0.2) is 5.65 Å². The number of halogens is 1. The van der Waals surface area contributed by atoms with Crippen LogP contribution in [0.2, 0.25) is 5.02 Å². The molecule has 0 spiro atoms. The van der Waals surface area contributed by atoms with Gasteiger partial charge < -0.3 is 10.6 Å². The third-order valence-corrected chi connectivity index (χ3v) is 3.43. The topological polar surface area (TPSA) is 54.2 Å². The Kier molecular flexibility index (Phi) is 3.34. The second kappa shape index (κ2) is 5.12. The third-order valence-electron chi connectivity index (χ3n) is 3.20. The first-order chi connectivity index (χ1) is 8.81. The van der Waals surface area contributed by atoms with Gasteiger partial charge >= 0.3 is 0 Å². The number of pyridine rings is 1. The van der Waals surface area contributed by atoms with Gasteiger partial charge in [0.1, 0.15) is 0 Å². The van der Waals surface area contributed by atoms with Gasteiger partial charge in [-0.25, -0.2) is 4.52 Å². The Balaban J connectivity index is 1.77. The smallest absolute Gasteiger partial charge is 0.243 e. The van der Waals surface area contributed by atoms with Crippen LogP contribution in [0.4, 0.5) is 5.95 Å². The van der Waals surface area contributed by atoms with E-state index in [-0.39, 0.29) is 0 Å². The predicted octanol–water partition coefficient (Wildman–Crippen LogP) is 1.94.